The number of amides is 1. The lowest BCUT2D eigenvalue weighted by Crippen LogP contribution is -2.45. The van der Waals surface area contributed by atoms with Gasteiger partial charge in [-0.3, -0.25) is 4.79 Å². The van der Waals surface area contributed by atoms with E-state index in [1.807, 2.05) is 13.8 Å². The number of aliphatic hydroxyl groups excluding tert-OH is 1. The van der Waals surface area contributed by atoms with E-state index in [2.05, 4.69) is 21.2 Å². The third-order valence-corrected chi connectivity index (χ3v) is 3.11. The molecule has 0 heterocycles. The Balaban J connectivity index is 2.48. The lowest BCUT2D eigenvalue weighted by atomic mass is 10.0. The Morgan fingerprint density at radius 1 is 1.57 bits per heavy atom. The second-order valence-corrected chi connectivity index (χ2v) is 6.41. The fourth-order valence-corrected chi connectivity index (χ4v) is 1.90. The second-order valence-electron chi connectivity index (χ2n) is 4.43. The van der Waals surface area contributed by atoms with Crippen LogP contribution in [0.4, 0.5) is 0 Å². The van der Waals surface area contributed by atoms with Gasteiger partial charge in [-0.1, -0.05) is 22.4 Å². The normalized spacial score (nSPS) is 27.7. The van der Waals surface area contributed by atoms with Gasteiger partial charge < -0.3 is 10.4 Å². The van der Waals surface area contributed by atoms with E-state index in [1.165, 1.54) is 0 Å². The molecule has 2 N–H and O–H groups in total. The fraction of sp³-hybridized carbons (Fsp3) is 0.900. The van der Waals surface area contributed by atoms with Gasteiger partial charge in [0.15, 0.2) is 0 Å². The minimum atomic E-state index is -0.518. The minimum Gasteiger partial charge on any atom is -0.396 e. The SMILES string of the molecule is CC(C)(Br)C(=O)N[C@@H]1CCC[C@@H]1CO. The molecule has 1 aliphatic carbocycles. The molecular weight excluding hydrogens is 246 g/mol. The highest BCUT2D eigenvalue weighted by atomic mass is 79.9. The molecule has 1 aliphatic rings. The number of alkyl halides is 1. The second kappa shape index (κ2) is 4.62. The summed E-state index contributed by atoms with van der Waals surface area (Å²) in [6.45, 7) is 3.82. The number of carbonyl (C=O) groups is 1. The first-order chi connectivity index (χ1) is 6.45. The number of hydrogen-bond donors (Lipinski definition) is 2. The standard InChI is InChI=1S/C10H18BrNO2/c1-10(2,11)9(14)12-8-5-3-4-7(8)6-13/h7-8,13H,3-6H2,1-2H3,(H,12,14)/t7-,8-/m1/s1. The van der Waals surface area contributed by atoms with Gasteiger partial charge in [-0.2, -0.15) is 0 Å². The lowest BCUT2D eigenvalue weighted by molar-refractivity contribution is -0.123. The summed E-state index contributed by atoms with van der Waals surface area (Å²) in [4.78, 5) is 11.6. The van der Waals surface area contributed by atoms with Crippen molar-refractivity contribution in [2.45, 2.75) is 43.5 Å². The predicted octanol–water partition coefficient (Wildman–Crippen LogP) is 1.44. The van der Waals surface area contributed by atoms with Crippen molar-refractivity contribution < 1.29 is 9.90 Å². The Kier molecular flexibility index (Phi) is 3.95. The maximum Gasteiger partial charge on any atom is 0.236 e. The van der Waals surface area contributed by atoms with Gasteiger partial charge in [-0.05, 0) is 26.7 Å². The molecule has 1 rings (SSSR count). The number of hydrogen-bond acceptors (Lipinski definition) is 2. The van der Waals surface area contributed by atoms with Crippen LogP contribution in [-0.4, -0.2) is 28.0 Å². The lowest BCUT2D eigenvalue weighted by Gasteiger charge is -2.23. The number of carbonyl (C=O) groups excluding carboxylic acids is 1. The molecule has 0 aromatic rings. The van der Waals surface area contributed by atoms with E-state index in [1.54, 1.807) is 0 Å². The van der Waals surface area contributed by atoms with E-state index in [-0.39, 0.29) is 24.5 Å². The molecule has 4 heteroatoms. The van der Waals surface area contributed by atoms with Crippen molar-refractivity contribution in [3.8, 4) is 0 Å². The summed E-state index contributed by atoms with van der Waals surface area (Å²) in [6, 6.07) is 0.157. The number of aliphatic hydroxyl groups is 1. The van der Waals surface area contributed by atoms with Crippen LogP contribution in [0.3, 0.4) is 0 Å². The third kappa shape index (κ3) is 2.95. The first kappa shape index (κ1) is 12.0. The van der Waals surface area contributed by atoms with Crippen LogP contribution in [0.1, 0.15) is 33.1 Å². The van der Waals surface area contributed by atoms with Crippen LogP contribution in [0.2, 0.25) is 0 Å². The molecule has 0 saturated heterocycles. The van der Waals surface area contributed by atoms with E-state index in [0.717, 1.165) is 19.3 Å². The predicted molar refractivity (Wildman–Crippen MR) is 59.4 cm³/mol. The molecule has 0 aromatic heterocycles. The van der Waals surface area contributed by atoms with Crippen LogP contribution in [-0.2, 0) is 4.79 Å². The Hall–Kier alpha value is -0.0900. The molecule has 1 amide bonds. The highest BCUT2D eigenvalue weighted by Crippen LogP contribution is 2.26. The van der Waals surface area contributed by atoms with Gasteiger partial charge in [0.2, 0.25) is 5.91 Å². The molecule has 3 nitrogen and oxygen atoms in total. The molecule has 0 aromatic carbocycles. The molecule has 2 atom stereocenters. The summed E-state index contributed by atoms with van der Waals surface area (Å²) >= 11 is 3.32. The van der Waals surface area contributed by atoms with E-state index < -0.39 is 4.32 Å². The van der Waals surface area contributed by atoms with Gasteiger partial charge in [0.1, 0.15) is 0 Å². The Bertz CT molecular complexity index is 213. The van der Waals surface area contributed by atoms with Gasteiger partial charge in [-0.15, -0.1) is 0 Å². The molecule has 14 heavy (non-hydrogen) atoms. The van der Waals surface area contributed by atoms with E-state index in [9.17, 15) is 4.79 Å². The van der Waals surface area contributed by atoms with Crippen LogP contribution < -0.4 is 5.32 Å². The maximum atomic E-state index is 11.6. The van der Waals surface area contributed by atoms with Crippen LogP contribution in [0.15, 0.2) is 0 Å². The van der Waals surface area contributed by atoms with Crippen molar-refractivity contribution in [2.75, 3.05) is 6.61 Å². The third-order valence-electron chi connectivity index (χ3n) is 2.75. The number of nitrogens with one attached hydrogen (secondary N) is 1. The van der Waals surface area contributed by atoms with Crippen molar-refractivity contribution in [2.24, 2.45) is 5.92 Å². The largest absolute Gasteiger partial charge is 0.396 e. The minimum absolute atomic E-state index is 0.00264. The smallest absolute Gasteiger partial charge is 0.236 e. The first-order valence-electron chi connectivity index (χ1n) is 5.06. The Labute approximate surface area is 93.4 Å². The summed E-state index contributed by atoms with van der Waals surface area (Å²) in [5.74, 6) is 0.247. The van der Waals surface area contributed by atoms with Crippen molar-refractivity contribution >= 4 is 21.8 Å². The van der Waals surface area contributed by atoms with Gasteiger partial charge >= 0.3 is 0 Å². The van der Waals surface area contributed by atoms with E-state index >= 15 is 0 Å². The maximum absolute atomic E-state index is 11.6. The summed E-state index contributed by atoms with van der Waals surface area (Å²) in [5, 5.41) is 12.1. The van der Waals surface area contributed by atoms with Crippen molar-refractivity contribution in [3.05, 3.63) is 0 Å². The van der Waals surface area contributed by atoms with Crippen molar-refractivity contribution in [1.29, 1.82) is 0 Å². The molecule has 0 unspecified atom stereocenters. The highest BCUT2D eigenvalue weighted by molar-refractivity contribution is 9.10. The summed E-state index contributed by atoms with van der Waals surface area (Å²) in [7, 11) is 0. The molecule has 1 saturated carbocycles. The van der Waals surface area contributed by atoms with Crippen LogP contribution in [0, 0.1) is 5.92 Å². The van der Waals surface area contributed by atoms with Gasteiger partial charge in [0.05, 0.1) is 4.32 Å². The molecule has 0 aliphatic heterocycles. The average molecular weight is 264 g/mol. The topological polar surface area (TPSA) is 49.3 Å². The molecule has 0 bridgehead atoms. The van der Waals surface area contributed by atoms with Crippen LogP contribution in [0.5, 0.6) is 0 Å². The summed E-state index contributed by atoms with van der Waals surface area (Å²) in [5.41, 5.74) is 0. The number of rotatable bonds is 3. The Morgan fingerprint density at radius 3 is 2.71 bits per heavy atom. The van der Waals surface area contributed by atoms with Crippen LogP contribution >= 0.6 is 15.9 Å². The summed E-state index contributed by atoms with van der Waals surface area (Å²) in [6.07, 6.45) is 3.10. The average Bonchev–Trinajstić information content (AvgIpc) is 2.50. The van der Waals surface area contributed by atoms with E-state index in [4.69, 9.17) is 5.11 Å². The molecule has 0 spiro atoms. The van der Waals surface area contributed by atoms with Gasteiger partial charge in [0.25, 0.3) is 0 Å². The van der Waals surface area contributed by atoms with Crippen molar-refractivity contribution in [3.63, 3.8) is 0 Å². The quantitative estimate of drug-likeness (QED) is 0.758. The first-order valence-corrected chi connectivity index (χ1v) is 5.85. The molecule has 82 valence electrons. The zero-order valence-electron chi connectivity index (χ0n) is 8.72. The Morgan fingerprint density at radius 2 is 2.21 bits per heavy atom. The molecular formula is C10H18BrNO2. The monoisotopic (exact) mass is 263 g/mol. The zero-order valence-corrected chi connectivity index (χ0v) is 10.3. The molecule has 1 fully saturated rings. The highest BCUT2D eigenvalue weighted by Gasteiger charge is 2.32. The summed E-state index contributed by atoms with van der Waals surface area (Å²) < 4.78 is -0.518. The van der Waals surface area contributed by atoms with Crippen LogP contribution in [0.25, 0.3) is 0 Å². The fourth-order valence-electron chi connectivity index (χ4n) is 1.79. The van der Waals surface area contributed by atoms with Crippen molar-refractivity contribution in [1.82, 2.24) is 5.32 Å². The van der Waals surface area contributed by atoms with Gasteiger partial charge in [-0.25, -0.2) is 0 Å². The molecule has 0 radical (unpaired) electrons. The van der Waals surface area contributed by atoms with E-state index in [0.29, 0.717) is 0 Å². The van der Waals surface area contributed by atoms with Gasteiger partial charge in [0, 0.05) is 18.6 Å². The zero-order chi connectivity index (χ0) is 10.8. The number of halogens is 1.